The van der Waals surface area contributed by atoms with Crippen LogP contribution in [0.3, 0.4) is 0 Å². The Hall–Kier alpha value is -2.27. The van der Waals surface area contributed by atoms with Gasteiger partial charge in [-0.15, -0.1) is 6.58 Å². The number of anilines is 1. The van der Waals surface area contributed by atoms with Crippen LogP contribution in [0, 0.1) is 0 Å². The Morgan fingerprint density at radius 3 is 2.78 bits per heavy atom. The molecule has 1 saturated heterocycles. The molecule has 0 amide bonds. The summed E-state index contributed by atoms with van der Waals surface area (Å²) >= 11 is 0. The van der Waals surface area contributed by atoms with Crippen molar-refractivity contribution in [2.24, 2.45) is 0 Å². The second-order valence-electron chi connectivity index (χ2n) is 5.22. The molecule has 0 aromatic carbocycles. The molecule has 1 unspecified atom stereocenters. The zero-order valence-corrected chi connectivity index (χ0v) is 12.1. The van der Waals surface area contributed by atoms with Crippen molar-refractivity contribution in [3.8, 4) is 0 Å². The zero-order chi connectivity index (χ0) is 16.7. The number of aliphatic hydroxyl groups is 3. The van der Waals surface area contributed by atoms with Gasteiger partial charge >= 0.3 is 5.69 Å². The summed E-state index contributed by atoms with van der Waals surface area (Å²) in [7, 11) is 0. The average molecular weight is 323 g/mol. The van der Waals surface area contributed by atoms with Gasteiger partial charge in [-0.05, 0) is 0 Å². The fraction of sp³-hybridized carbons (Fsp3) is 0.462. The number of nitrogens with two attached hydrogens (primary N) is 1. The van der Waals surface area contributed by atoms with Gasteiger partial charge in [0.2, 0.25) is 5.95 Å². The highest BCUT2D eigenvalue weighted by Crippen LogP contribution is 2.30. The molecule has 23 heavy (non-hydrogen) atoms. The molecule has 1 aliphatic heterocycles. The van der Waals surface area contributed by atoms with E-state index < -0.39 is 36.8 Å². The summed E-state index contributed by atoms with van der Waals surface area (Å²) in [5.41, 5.74) is 5.62. The van der Waals surface area contributed by atoms with Gasteiger partial charge in [0.15, 0.2) is 11.9 Å². The number of rotatable bonds is 4. The monoisotopic (exact) mass is 323 g/mol. The quantitative estimate of drug-likeness (QED) is 0.471. The summed E-state index contributed by atoms with van der Waals surface area (Å²) in [6, 6.07) is 0. The molecule has 4 atom stereocenters. The standard InChI is InChI=1S/C13H17N5O5/c1-2-3-17-6-4-15-12(14)16-10(6)18(13(17)22)11-9(21)8(20)7(5-19)23-11/h2,4,7-9,11,19-21H,1,3,5H2,(H2,14,15,16)/t7-,8-,9-,11?/m1/s1. The maximum atomic E-state index is 12.7. The number of ether oxygens (including phenoxy) is 1. The van der Waals surface area contributed by atoms with Crippen molar-refractivity contribution < 1.29 is 20.1 Å². The summed E-state index contributed by atoms with van der Waals surface area (Å²) in [6.07, 6.45) is -2.01. The number of nitrogen functional groups attached to an aromatic ring is 1. The van der Waals surface area contributed by atoms with Crippen LogP contribution >= 0.6 is 0 Å². The van der Waals surface area contributed by atoms with E-state index in [1.165, 1.54) is 16.8 Å². The predicted molar refractivity (Wildman–Crippen MR) is 79.4 cm³/mol. The van der Waals surface area contributed by atoms with Crippen molar-refractivity contribution in [2.45, 2.75) is 31.1 Å². The van der Waals surface area contributed by atoms with Crippen molar-refractivity contribution in [3.05, 3.63) is 29.3 Å². The highest BCUT2D eigenvalue weighted by Gasteiger charge is 2.45. The summed E-state index contributed by atoms with van der Waals surface area (Å²) in [5, 5.41) is 29.2. The van der Waals surface area contributed by atoms with E-state index in [2.05, 4.69) is 16.5 Å². The first-order valence-corrected chi connectivity index (χ1v) is 6.96. The van der Waals surface area contributed by atoms with Crippen LogP contribution in [0.4, 0.5) is 5.95 Å². The van der Waals surface area contributed by atoms with Gasteiger partial charge < -0.3 is 25.8 Å². The molecule has 0 spiro atoms. The Labute approximate surface area is 130 Å². The van der Waals surface area contributed by atoms with Gasteiger partial charge in [-0.1, -0.05) is 6.08 Å². The summed E-state index contributed by atoms with van der Waals surface area (Å²) < 4.78 is 7.86. The van der Waals surface area contributed by atoms with Gasteiger partial charge in [0.25, 0.3) is 0 Å². The topological polar surface area (TPSA) is 149 Å². The first-order valence-electron chi connectivity index (χ1n) is 6.96. The molecule has 124 valence electrons. The van der Waals surface area contributed by atoms with Crippen LogP contribution in [0.25, 0.3) is 11.2 Å². The van der Waals surface area contributed by atoms with E-state index in [-0.39, 0.29) is 18.1 Å². The molecular formula is C13H17N5O5. The first kappa shape index (κ1) is 15.6. The molecule has 10 nitrogen and oxygen atoms in total. The van der Waals surface area contributed by atoms with Crippen LogP contribution in [-0.4, -0.2) is 59.3 Å². The van der Waals surface area contributed by atoms with E-state index in [0.29, 0.717) is 5.52 Å². The summed E-state index contributed by atoms with van der Waals surface area (Å²) in [5.74, 6) is -0.0475. The molecule has 3 heterocycles. The van der Waals surface area contributed by atoms with E-state index in [9.17, 15) is 20.1 Å². The lowest BCUT2D eigenvalue weighted by Gasteiger charge is -2.15. The van der Waals surface area contributed by atoms with Crippen LogP contribution in [-0.2, 0) is 11.3 Å². The number of imidazole rings is 1. The maximum absolute atomic E-state index is 12.7. The summed E-state index contributed by atoms with van der Waals surface area (Å²) in [4.78, 5) is 20.6. The molecule has 10 heteroatoms. The highest BCUT2D eigenvalue weighted by molar-refractivity contribution is 5.72. The second-order valence-corrected chi connectivity index (χ2v) is 5.22. The zero-order valence-electron chi connectivity index (χ0n) is 12.1. The van der Waals surface area contributed by atoms with Crippen molar-refractivity contribution in [3.63, 3.8) is 0 Å². The molecule has 3 rings (SSSR count). The lowest BCUT2D eigenvalue weighted by Crippen LogP contribution is -2.36. The smallest absolute Gasteiger partial charge is 0.332 e. The normalized spacial score (nSPS) is 27.6. The molecule has 1 aliphatic rings. The molecule has 2 aromatic rings. The average Bonchev–Trinajstić information content (AvgIpc) is 2.95. The number of aliphatic hydroxyl groups excluding tert-OH is 3. The van der Waals surface area contributed by atoms with Crippen LogP contribution < -0.4 is 11.4 Å². The van der Waals surface area contributed by atoms with Crippen LogP contribution in [0.1, 0.15) is 6.23 Å². The Morgan fingerprint density at radius 2 is 2.17 bits per heavy atom. The number of allylic oxidation sites excluding steroid dienone is 1. The number of aromatic nitrogens is 4. The molecule has 2 aromatic heterocycles. The van der Waals surface area contributed by atoms with E-state index in [1.807, 2.05) is 0 Å². The summed E-state index contributed by atoms with van der Waals surface area (Å²) in [6.45, 7) is 3.30. The van der Waals surface area contributed by atoms with Crippen LogP contribution in [0.2, 0.25) is 0 Å². The third-order valence-corrected chi connectivity index (χ3v) is 3.81. The Bertz CT molecular complexity index is 800. The van der Waals surface area contributed by atoms with E-state index >= 15 is 0 Å². The van der Waals surface area contributed by atoms with Gasteiger partial charge in [0.05, 0.1) is 12.8 Å². The number of hydrogen-bond donors (Lipinski definition) is 4. The van der Waals surface area contributed by atoms with E-state index in [1.54, 1.807) is 0 Å². The Morgan fingerprint density at radius 1 is 1.43 bits per heavy atom. The fourth-order valence-electron chi connectivity index (χ4n) is 2.70. The van der Waals surface area contributed by atoms with E-state index in [4.69, 9.17) is 10.5 Å². The Kier molecular flexibility index (Phi) is 3.90. The number of fused-ring (bicyclic) bond motifs is 1. The number of nitrogens with zero attached hydrogens (tertiary/aromatic N) is 4. The minimum Gasteiger partial charge on any atom is -0.394 e. The minimum atomic E-state index is -1.40. The second kappa shape index (κ2) is 5.74. The fourth-order valence-corrected chi connectivity index (χ4v) is 2.70. The molecule has 0 bridgehead atoms. The lowest BCUT2D eigenvalue weighted by atomic mass is 10.1. The molecule has 1 fully saturated rings. The highest BCUT2D eigenvalue weighted by atomic mass is 16.6. The lowest BCUT2D eigenvalue weighted by molar-refractivity contribution is -0.0527. The minimum absolute atomic E-state index is 0.0475. The SMILES string of the molecule is C=CCn1c(=O)n(C2O[C@H](CO)[C@@H](O)[C@H]2O)c2nc(N)ncc21. The molecule has 0 aliphatic carbocycles. The van der Waals surface area contributed by atoms with Gasteiger partial charge in [-0.3, -0.25) is 4.57 Å². The molecule has 0 saturated carbocycles. The van der Waals surface area contributed by atoms with Crippen LogP contribution in [0.15, 0.2) is 23.6 Å². The van der Waals surface area contributed by atoms with Gasteiger partial charge in [0.1, 0.15) is 23.8 Å². The third-order valence-electron chi connectivity index (χ3n) is 3.81. The van der Waals surface area contributed by atoms with Crippen molar-refractivity contribution in [1.82, 2.24) is 19.1 Å². The Balaban J connectivity index is 2.21. The number of hydrogen-bond acceptors (Lipinski definition) is 8. The third kappa shape index (κ3) is 2.32. The predicted octanol–water partition coefficient (Wildman–Crippen LogP) is -2.03. The first-order chi connectivity index (χ1) is 11.0. The van der Waals surface area contributed by atoms with Gasteiger partial charge in [-0.25, -0.2) is 14.3 Å². The van der Waals surface area contributed by atoms with E-state index in [0.717, 1.165) is 4.57 Å². The van der Waals surface area contributed by atoms with Crippen molar-refractivity contribution >= 4 is 17.1 Å². The largest absolute Gasteiger partial charge is 0.394 e. The van der Waals surface area contributed by atoms with Crippen molar-refractivity contribution in [1.29, 1.82) is 0 Å². The molecule has 0 radical (unpaired) electrons. The molecular weight excluding hydrogens is 306 g/mol. The maximum Gasteiger partial charge on any atom is 0.332 e. The van der Waals surface area contributed by atoms with Crippen molar-refractivity contribution in [2.75, 3.05) is 12.3 Å². The van der Waals surface area contributed by atoms with Crippen LogP contribution in [0.5, 0.6) is 0 Å². The van der Waals surface area contributed by atoms with Gasteiger partial charge in [-0.2, -0.15) is 4.98 Å². The molecule has 5 N–H and O–H groups in total. The van der Waals surface area contributed by atoms with Gasteiger partial charge in [0, 0.05) is 6.54 Å².